The van der Waals surface area contributed by atoms with E-state index in [9.17, 15) is 19.2 Å². The highest BCUT2D eigenvalue weighted by atomic mass is 19.1. The molecule has 1 fully saturated rings. The van der Waals surface area contributed by atoms with Crippen LogP contribution in [0.25, 0.3) is 6.08 Å². The summed E-state index contributed by atoms with van der Waals surface area (Å²) in [4.78, 5) is 29.4. The molecule has 148 valence electrons. The molecule has 0 aliphatic carbocycles. The van der Waals surface area contributed by atoms with E-state index in [-0.39, 0.29) is 22.7 Å². The summed E-state index contributed by atoms with van der Waals surface area (Å²) in [5.74, 6) is -1.26. The smallest absolute Gasteiger partial charge is 0.271 e. The largest absolute Gasteiger partial charge is 0.325 e. The Kier molecular flexibility index (Phi) is 5.51. The van der Waals surface area contributed by atoms with Crippen LogP contribution in [0.1, 0.15) is 30.0 Å². The maximum atomic E-state index is 14.3. The maximum Gasteiger partial charge on any atom is 0.271 e. The van der Waals surface area contributed by atoms with Gasteiger partial charge in [0.2, 0.25) is 0 Å². The molecule has 1 aliphatic heterocycles. The standard InChI is InChI=1S/C23H22FN3O2/c1-4-23(14-16-9-6-5-7-10-16)22(29)26(2)20(21(28)27(23)3)13-18-17(15-25)11-8-12-19(18)24/h5-13H,4,14H2,1-3H3/b20-13-. The van der Waals surface area contributed by atoms with E-state index in [1.807, 2.05) is 43.3 Å². The van der Waals surface area contributed by atoms with Crippen molar-refractivity contribution in [1.82, 2.24) is 9.80 Å². The summed E-state index contributed by atoms with van der Waals surface area (Å²) in [6, 6.07) is 15.6. The van der Waals surface area contributed by atoms with Gasteiger partial charge in [0.15, 0.2) is 0 Å². The minimum Gasteiger partial charge on any atom is -0.325 e. The molecule has 1 aliphatic rings. The second-order valence-corrected chi connectivity index (χ2v) is 7.12. The highest BCUT2D eigenvalue weighted by Crippen LogP contribution is 2.34. The van der Waals surface area contributed by atoms with Crippen molar-refractivity contribution in [3.8, 4) is 6.07 Å². The number of carbonyl (C=O) groups is 2. The lowest BCUT2D eigenvalue weighted by molar-refractivity contribution is -0.157. The number of nitrogens with zero attached hydrogens (tertiary/aromatic N) is 3. The van der Waals surface area contributed by atoms with E-state index in [4.69, 9.17) is 0 Å². The van der Waals surface area contributed by atoms with Gasteiger partial charge in [-0.15, -0.1) is 0 Å². The third-order valence-electron chi connectivity index (χ3n) is 5.61. The van der Waals surface area contributed by atoms with Crippen molar-refractivity contribution in [2.75, 3.05) is 14.1 Å². The van der Waals surface area contributed by atoms with Crippen molar-refractivity contribution < 1.29 is 14.0 Å². The monoisotopic (exact) mass is 391 g/mol. The van der Waals surface area contributed by atoms with Crippen LogP contribution in [0.2, 0.25) is 0 Å². The highest BCUT2D eigenvalue weighted by Gasteiger charge is 2.50. The van der Waals surface area contributed by atoms with Crippen molar-refractivity contribution in [1.29, 1.82) is 5.26 Å². The van der Waals surface area contributed by atoms with Gasteiger partial charge >= 0.3 is 0 Å². The van der Waals surface area contributed by atoms with Crippen molar-refractivity contribution >= 4 is 17.9 Å². The number of halogens is 1. The zero-order valence-corrected chi connectivity index (χ0v) is 16.6. The summed E-state index contributed by atoms with van der Waals surface area (Å²) in [5.41, 5.74) is 0.0572. The Hall–Kier alpha value is -3.46. The molecule has 2 aromatic carbocycles. The molecular formula is C23H22FN3O2. The number of nitriles is 1. The SMILES string of the molecule is CCC1(Cc2ccccc2)C(=O)N(C)/C(=C\c2c(F)cccc2C#N)C(=O)N1C. The van der Waals surface area contributed by atoms with E-state index >= 15 is 0 Å². The van der Waals surface area contributed by atoms with Gasteiger partial charge in [0.05, 0.1) is 11.6 Å². The van der Waals surface area contributed by atoms with Crippen LogP contribution in [0, 0.1) is 17.1 Å². The lowest BCUT2D eigenvalue weighted by Crippen LogP contribution is -2.65. The number of benzene rings is 2. The van der Waals surface area contributed by atoms with Crippen LogP contribution in [-0.4, -0.2) is 41.2 Å². The van der Waals surface area contributed by atoms with Crippen LogP contribution in [0.4, 0.5) is 4.39 Å². The van der Waals surface area contributed by atoms with Crippen molar-refractivity contribution in [3.63, 3.8) is 0 Å². The first-order valence-electron chi connectivity index (χ1n) is 9.36. The average Bonchev–Trinajstić information content (AvgIpc) is 2.74. The van der Waals surface area contributed by atoms with Crippen LogP contribution in [0.5, 0.6) is 0 Å². The summed E-state index contributed by atoms with van der Waals surface area (Å²) in [6.45, 7) is 1.87. The number of amides is 2. The molecule has 2 aromatic rings. The molecule has 0 spiro atoms. The van der Waals surface area contributed by atoms with Gasteiger partial charge in [-0.25, -0.2) is 4.39 Å². The van der Waals surface area contributed by atoms with Gasteiger partial charge in [-0.3, -0.25) is 9.59 Å². The van der Waals surface area contributed by atoms with Crippen LogP contribution in [0.15, 0.2) is 54.2 Å². The van der Waals surface area contributed by atoms with E-state index in [1.165, 1.54) is 41.1 Å². The normalized spacial score (nSPS) is 20.9. The first-order chi connectivity index (χ1) is 13.9. The van der Waals surface area contributed by atoms with Gasteiger partial charge in [-0.05, 0) is 30.2 Å². The number of hydrogen-bond acceptors (Lipinski definition) is 3. The predicted octanol–water partition coefficient (Wildman–Crippen LogP) is 3.36. The molecule has 3 rings (SSSR count). The Morgan fingerprint density at radius 2 is 1.79 bits per heavy atom. The average molecular weight is 391 g/mol. The Morgan fingerprint density at radius 1 is 1.10 bits per heavy atom. The molecular weight excluding hydrogens is 369 g/mol. The first kappa shape index (κ1) is 20.3. The molecule has 6 heteroatoms. The lowest BCUT2D eigenvalue weighted by atomic mass is 9.82. The zero-order chi connectivity index (χ0) is 21.2. The first-order valence-corrected chi connectivity index (χ1v) is 9.36. The summed E-state index contributed by atoms with van der Waals surface area (Å²) < 4.78 is 14.3. The van der Waals surface area contributed by atoms with Gasteiger partial charge in [-0.2, -0.15) is 5.26 Å². The molecule has 0 radical (unpaired) electrons. The second-order valence-electron chi connectivity index (χ2n) is 7.12. The number of piperazine rings is 1. The van der Waals surface area contributed by atoms with Gasteiger partial charge in [-0.1, -0.05) is 43.3 Å². The fourth-order valence-electron chi connectivity index (χ4n) is 3.79. The highest BCUT2D eigenvalue weighted by molar-refractivity contribution is 6.09. The Bertz CT molecular complexity index is 1030. The summed E-state index contributed by atoms with van der Waals surface area (Å²) in [6.07, 6.45) is 2.10. The summed E-state index contributed by atoms with van der Waals surface area (Å²) in [5, 5.41) is 9.27. The van der Waals surface area contributed by atoms with E-state index < -0.39 is 17.3 Å². The van der Waals surface area contributed by atoms with Crippen LogP contribution in [-0.2, 0) is 16.0 Å². The second kappa shape index (κ2) is 7.88. The molecule has 1 atom stereocenters. The minimum absolute atomic E-state index is 0.00143. The molecule has 29 heavy (non-hydrogen) atoms. The third-order valence-corrected chi connectivity index (χ3v) is 5.61. The lowest BCUT2D eigenvalue weighted by Gasteiger charge is -2.47. The fourth-order valence-corrected chi connectivity index (χ4v) is 3.79. The van der Waals surface area contributed by atoms with Crippen LogP contribution in [0.3, 0.4) is 0 Å². The van der Waals surface area contributed by atoms with Gasteiger partial charge in [0, 0.05) is 26.1 Å². The third kappa shape index (κ3) is 3.40. The number of hydrogen-bond donors (Lipinski definition) is 0. The minimum atomic E-state index is -1.03. The Labute approximate surface area is 169 Å². The molecule has 5 nitrogen and oxygen atoms in total. The summed E-state index contributed by atoms with van der Waals surface area (Å²) >= 11 is 0. The van der Waals surface area contributed by atoms with Gasteiger partial charge < -0.3 is 9.80 Å². The zero-order valence-electron chi connectivity index (χ0n) is 16.6. The topological polar surface area (TPSA) is 64.4 Å². The summed E-state index contributed by atoms with van der Waals surface area (Å²) in [7, 11) is 3.11. The number of rotatable bonds is 4. The maximum absolute atomic E-state index is 14.3. The van der Waals surface area contributed by atoms with Crippen molar-refractivity contribution in [2.24, 2.45) is 0 Å². The molecule has 1 saturated heterocycles. The quantitative estimate of drug-likeness (QED) is 0.751. The molecule has 0 saturated carbocycles. The fraction of sp³-hybridized carbons (Fsp3) is 0.261. The van der Waals surface area contributed by atoms with Crippen molar-refractivity contribution in [2.45, 2.75) is 25.3 Å². The molecule has 0 bridgehead atoms. The Morgan fingerprint density at radius 3 is 2.41 bits per heavy atom. The molecule has 1 unspecified atom stereocenters. The van der Waals surface area contributed by atoms with E-state index in [0.717, 1.165) is 5.56 Å². The van der Waals surface area contributed by atoms with E-state index in [0.29, 0.717) is 12.8 Å². The molecule has 0 N–H and O–H groups in total. The van der Waals surface area contributed by atoms with E-state index in [2.05, 4.69) is 0 Å². The molecule has 2 amide bonds. The Balaban J connectivity index is 2.07. The van der Waals surface area contributed by atoms with Gasteiger partial charge in [0.25, 0.3) is 11.8 Å². The van der Waals surface area contributed by atoms with Crippen molar-refractivity contribution in [3.05, 3.63) is 76.7 Å². The predicted molar refractivity (Wildman–Crippen MR) is 108 cm³/mol. The van der Waals surface area contributed by atoms with Crippen LogP contribution >= 0.6 is 0 Å². The molecule has 0 aromatic heterocycles. The number of likely N-dealkylation sites (N-methyl/N-ethyl adjacent to an activating group) is 2. The number of carbonyl (C=O) groups excluding carboxylic acids is 2. The molecule has 1 heterocycles. The van der Waals surface area contributed by atoms with E-state index in [1.54, 1.807) is 7.05 Å². The van der Waals surface area contributed by atoms with Gasteiger partial charge in [0.1, 0.15) is 17.1 Å². The van der Waals surface area contributed by atoms with Crippen LogP contribution < -0.4 is 0 Å².